The molecular formula is C14H13FO2. The molecule has 0 radical (unpaired) electrons. The van der Waals surface area contributed by atoms with E-state index in [1.54, 1.807) is 44.4 Å². The van der Waals surface area contributed by atoms with Crippen molar-refractivity contribution in [3.05, 3.63) is 47.8 Å². The van der Waals surface area contributed by atoms with Gasteiger partial charge in [0.25, 0.3) is 0 Å². The second-order valence-electron chi connectivity index (χ2n) is 3.85. The van der Waals surface area contributed by atoms with E-state index in [4.69, 9.17) is 4.74 Å². The van der Waals surface area contributed by atoms with Gasteiger partial charge in [-0.1, -0.05) is 6.07 Å². The van der Waals surface area contributed by atoms with E-state index in [1.165, 1.54) is 6.07 Å². The molecule has 0 aliphatic rings. The van der Waals surface area contributed by atoms with Crippen LogP contribution in [0.2, 0.25) is 0 Å². The molecule has 0 unspecified atom stereocenters. The van der Waals surface area contributed by atoms with E-state index in [0.29, 0.717) is 16.9 Å². The standard InChI is InChI=1S/C14H13FO2/c1-9-7-10(3-6-14(9)16)12-8-11(17-2)4-5-13(12)15/h3-8,16H,1-2H3. The SMILES string of the molecule is COc1ccc(F)c(-c2ccc(O)c(C)c2)c1. The van der Waals surface area contributed by atoms with E-state index < -0.39 is 0 Å². The summed E-state index contributed by atoms with van der Waals surface area (Å²) >= 11 is 0. The Bertz CT molecular complexity index is 550. The van der Waals surface area contributed by atoms with E-state index >= 15 is 0 Å². The Kier molecular flexibility index (Phi) is 3.00. The molecular weight excluding hydrogens is 219 g/mol. The van der Waals surface area contributed by atoms with Crippen molar-refractivity contribution in [2.75, 3.05) is 7.11 Å². The lowest BCUT2D eigenvalue weighted by Crippen LogP contribution is -1.88. The molecule has 2 aromatic rings. The predicted octanol–water partition coefficient (Wildman–Crippen LogP) is 3.52. The Labute approximate surface area is 99.3 Å². The van der Waals surface area contributed by atoms with Crippen molar-refractivity contribution in [2.45, 2.75) is 6.92 Å². The van der Waals surface area contributed by atoms with Gasteiger partial charge < -0.3 is 9.84 Å². The molecule has 0 heterocycles. The van der Waals surface area contributed by atoms with E-state index in [-0.39, 0.29) is 11.6 Å². The van der Waals surface area contributed by atoms with Crippen LogP contribution in [0, 0.1) is 12.7 Å². The lowest BCUT2D eigenvalue weighted by Gasteiger charge is -2.08. The van der Waals surface area contributed by atoms with Crippen LogP contribution in [0.1, 0.15) is 5.56 Å². The summed E-state index contributed by atoms with van der Waals surface area (Å²) in [7, 11) is 1.54. The van der Waals surface area contributed by atoms with Gasteiger partial charge in [0, 0.05) is 5.56 Å². The highest BCUT2D eigenvalue weighted by Crippen LogP contribution is 2.29. The second kappa shape index (κ2) is 4.45. The monoisotopic (exact) mass is 232 g/mol. The lowest BCUT2D eigenvalue weighted by atomic mass is 10.0. The predicted molar refractivity (Wildman–Crippen MR) is 64.8 cm³/mol. The summed E-state index contributed by atoms with van der Waals surface area (Å²) in [4.78, 5) is 0. The van der Waals surface area contributed by atoms with Crippen molar-refractivity contribution in [3.8, 4) is 22.6 Å². The fourth-order valence-electron chi connectivity index (χ4n) is 1.68. The Morgan fingerprint density at radius 1 is 1.12 bits per heavy atom. The van der Waals surface area contributed by atoms with E-state index in [0.717, 1.165) is 5.56 Å². The van der Waals surface area contributed by atoms with Gasteiger partial charge in [-0.05, 0) is 48.4 Å². The maximum atomic E-state index is 13.7. The number of hydrogen-bond acceptors (Lipinski definition) is 2. The minimum Gasteiger partial charge on any atom is -0.508 e. The zero-order valence-electron chi connectivity index (χ0n) is 9.70. The molecule has 88 valence electrons. The molecule has 0 aliphatic heterocycles. The normalized spacial score (nSPS) is 10.3. The molecule has 2 aromatic carbocycles. The minimum atomic E-state index is -0.309. The van der Waals surface area contributed by atoms with Crippen molar-refractivity contribution >= 4 is 0 Å². The molecule has 3 heteroatoms. The molecule has 0 atom stereocenters. The summed E-state index contributed by atoms with van der Waals surface area (Å²) in [5.74, 6) is 0.500. The first-order valence-corrected chi connectivity index (χ1v) is 5.25. The number of aromatic hydroxyl groups is 1. The fraction of sp³-hybridized carbons (Fsp3) is 0.143. The van der Waals surface area contributed by atoms with Crippen molar-refractivity contribution in [1.82, 2.24) is 0 Å². The Balaban J connectivity index is 2.55. The van der Waals surface area contributed by atoms with Crippen LogP contribution in [-0.2, 0) is 0 Å². The smallest absolute Gasteiger partial charge is 0.131 e. The molecule has 0 saturated carbocycles. The molecule has 0 saturated heterocycles. The van der Waals surface area contributed by atoms with Gasteiger partial charge in [-0.15, -0.1) is 0 Å². The van der Waals surface area contributed by atoms with Crippen LogP contribution in [0.15, 0.2) is 36.4 Å². The van der Waals surface area contributed by atoms with Crippen LogP contribution < -0.4 is 4.74 Å². The molecule has 0 aromatic heterocycles. The fourth-order valence-corrected chi connectivity index (χ4v) is 1.68. The van der Waals surface area contributed by atoms with Gasteiger partial charge >= 0.3 is 0 Å². The lowest BCUT2D eigenvalue weighted by molar-refractivity contribution is 0.414. The third-order valence-corrected chi connectivity index (χ3v) is 2.68. The average molecular weight is 232 g/mol. The summed E-state index contributed by atoms with van der Waals surface area (Å²) in [6, 6.07) is 9.57. The first-order chi connectivity index (χ1) is 8.11. The van der Waals surface area contributed by atoms with Crippen LogP contribution >= 0.6 is 0 Å². The number of phenols is 1. The van der Waals surface area contributed by atoms with Gasteiger partial charge in [-0.2, -0.15) is 0 Å². The molecule has 0 fully saturated rings. The van der Waals surface area contributed by atoms with Crippen molar-refractivity contribution in [2.24, 2.45) is 0 Å². The Morgan fingerprint density at radius 2 is 1.88 bits per heavy atom. The highest BCUT2D eigenvalue weighted by molar-refractivity contribution is 5.67. The van der Waals surface area contributed by atoms with Gasteiger partial charge in [-0.25, -0.2) is 4.39 Å². The number of benzene rings is 2. The molecule has 17 heavy (non-hydrogen) atoms. The van der Waals surface area contributed by atoms with Crippen LogP contribution in [0.5, 0.6) is 11.5 Å². The van der Waals surface area contributed by atoms with Gasteiger partial charge in [0.1, 0.15) is 17.3 Å². The Hall–Kier alpha value is -2.03. The van der Waals surface area contributed by atoms with Crippen molar-refractivity contribution in [1.29, 1.82) is 0 Å². The summed E-state index contributed by atoms with van der Waals surface area (Å²) < 4.78 is 18.8. The molecule has 0 amide bonds. The number of hydrogen-bond donors (Lipinski definition) is 1. The van der Waals surface area contributed by atoms with Crippen LogP contribution in [0.4, 0.5) is 4.39 Å². The third kappa shape index (κ3) is 2.23. The number of ether oxygens (including phenoxy) is 1. The molecule has 0 bridgehead atoms. The first kappa shape index (κ1) is 11.5. The number of methoxy groups -OCH3 is 1. The van der Waals surface area contributed by atoms with Crippen LogP contribution in [-0.4, -0.2) is 12.2 Å². The maximum Gasteiger partial charge on any atom is 0.131 e. The van der Waals surface area contributed by atoms with Crippen molar-refractivity contribution in [3.63, 3.8) is 0 Å². The van der Waals surface area contributed by atoms with Crippen LogP contribution in [0.25, 0.3) is 11.1 Å². The summed E-state index contributed by atoms with van der Waals surface area (Å²) in [5.41, 5.74) is 1.90. The number of aryl methyl sites for hydroxylation is 1. The van der Waals surface area contributed by atoms with E-state index in [9.17, 15) is 9.50 Å². The third-order valence-electron chi connectivity index (χ3n) is 2.68. The van der Waals surface area contributed by atoms with Gasteiger partial charge in [0.05, 0.1) is 7.11 Å². The zero-order valence-corrected chi connectivity index (χ0v) is 9.70. The van der Waals surface area contributed by atoms with E-state index in [2.05, 4.69) is 0 Å². The average Bonchev–Trinajstić information content (AvgIpc) is 2.33. The quantitative estimate of drug-likeness (QED) is 0.858. The first-order valence-electron chi connectivity index (χ1n) is 5.25. The Morgan fingerprint density at radius 3 is 2.53 bits per heavy atom. The molecule has 2 nitrogen and oxygen atoms in total. The van der Waals surface area contributed by atoms with Crippen LogP contribution in [0.3, 0.4) is 0 Å². The van der Waals surface area contributed by atoms with E-state index in [1.807, 2.05) is 0 Å². The van der Waals surface area contributed by atoms with Gasteiger partial charge in [0.15, 0.2) is 0 Å². The highest BCUT2D eigenvalue weighted by atomic mass is 19.1. The highest BCUT2D eigenvalue weighted by Gasteiger charge is 2.08. The molecule has 1 N–H and O–H groups in total. The zero-order chi connectivity index (χ0) is 12.4. The van der Waals surface area contributed by atoms with Gasteiger partial charge in [-0.3, -0.25) is 0 Å². The molecule has 2 rings (SSSR count). The number of phenolic OH excluding ortho intramolecular Hbond substituents is 1. The molecule has 0 aliphatic carbocycles. The van der Waals surface area contributed by atoms with Crippen molar-refractivity contribution < 1.29 is 14.2 Å². The summed E-state index contributed by atoms with van der Waals surface area (Å²) in [6.07, 6.45) is 0. The molecule has 0 spiro atoms. The summed E-state index contributed by atoms with van der Waals surface area (Å²) in [6.45, 7) is 1.77. The number of rotatable bonds is 2. The minimum absolute atomic E-state index is 0.206. The summed E-state index contributed by atoms with van der Waals surface area (Å²) in [5, 5.41) is 9.44. The largest absolute Gasteiger partial charge is 0.508 e. The number of halogens is 1. The van der Waals surface area contributed by atoms with Gasteiger partial charge in [0.2, 0.25) is 0 Å². The second-order valence-corrected chi connectivity index (χ2v) is 3.85. The maximum absolute atomic E-state index is 13.7. The topological polar surface area (TPSA) is 29.5 Å².